The Morgan fingerprint density at radius 2 is 2.00 bits per heavy atom. The molecule has 0 saturated heterocycles. The average Bonchev–Trinajstić information content (AvgIpc) is 2.69. The van der Waals surface area contributed by atoms with E-state index in [4.69, 9.17) is 4.74 Å². The number of fused-ring (bicyclic) bond motifs is 1. The molecule has 5 N–H and O–H groups in total. The maximum absolute atomic E-state index is 11.4. The Balaban J connectivity index is 1.58. The lowest BCUT2D eigenvalue weighted by Gasteiger charge is -2.24. The highest BCUT2D eigenvalue weighted by Gasteiger charge is 2.25. The fraction of sp³-hybridized carbons (Fsp3) is 0.300. The maximum atomic E-state index is 11.4. The van der Waals surface area contributed by atoms with Gasteiger partial charge in [0.1, 0.15) is 11.4 Å². The third-order valence-electron chi connectivity index (χ3n) is 4.36. The molecule has 1 heterocycles. The predicted molar refractivity (Wildman–Crippen MR) is 104 cm³/mol. The number of ether oxygens (including phenoxy) is 1. The minimum absolute atomic E-state index is 0.0374. The van der Waals surface area contributed by atoms with Gasteiger partial charge in [0.2, 0.25) is 5.91 Å². The molecular weight excluding hydrogens is 362 g/mol. The van der Waals surface area contributed by atoms with Crippen LogP contribution in [0.5, 0.6) is 11.5 Å². The van der Waals surface area contributed by atoms with Crippen LogP contribution in [-0.2, 0) is 16.1 Å². The molecule has 148 valence electrons. The Kier molecular flexibility index (Phi) is 6.13. The Bertz CT molecular complexity index is 867. The van der Waals surface area contributed by atoms with Gasteiger partial charge in [-0.3, -0.25) is 9.59 Å². The van der Waals surface area contributed by atoms with Crippen molar-refractivity contribution in [2.24, 2.45) is 0 Å². The second-order valence-electron chi connectivity index (χ2n) is 6.46. The molecule has 0 aliphatic carbocycles. The number of rotatable bonds is 7. The van der Waals surface area contributed by atoms with Gasteiger partial charge in [-0.15, -0.1) is 0 Å². The van der Waals surface area contributed by atoms with Crippen molar-refractivity contribution in [1.82, 2.24) is 5.32 Å². The number of hydrogen-bond donors (Lipinski definition) is 5. The van der Waals surface area contributed by atoms with E-state index in [2.05, 4.69) is 16.0 Å². The minimum Gasteiger partial charge on any atom is -0.506 e. The molecule has 3 rings (SSSR count). The molecule has 1 unspecified atom stereocenters. The number of aliphatic hydroxyl groups is 1. The van der Waals surface area contributed by atoms with Gasteiger partial charge in [0, 0.05) is 30.8 Å². The number of anilines is 2. The Labute approximate surface area is 162 Å². The highest BCUT2D eigenvalue weighted by Crippen LogP contribution is 2.41. The van der Waals surface area contributed by atoms with Crippen molar-refractivity contribution in [1.29, 1.82) is 0 Å². The van der Waals surface area contributed by atoms with Gasteiger partial charge in [-0.05, 0) is 29.8 Å². The number of phenols is 1. The summed E-state index contributed by atoms with van der Waals surface area (Å²) in [5.41, 5.74) is 2.40. The topological polar surface area (TPSA) is 120 Å². The summed E-state index contributed by atoms with van der Waals surface area (Å²) in [5, 5.41) is 28.9. The van der Waals surface area contributed by atoms with Gasteiger partial charge in [-0.25, -0.2) is 0 Å². The van der Waals surface area contributed by atoms with Crippen LogP contribution in [-0.4, -0.2) is 35.2 Å². The standard InChI is InChI=1S/C20H23N3O5/c1-2-17(26)22-13-5-3-12(4-6-13)9-21-10-16(25)14-7-8-15(24)19-20(14)28-11-18(27)23-19/h3-8,16,21,24-25H,2,9-11H2,1H3,(H,22,26)(H,23,27). The molecule has 0 spiro atoms. The number of hydrogen-bond acceptors (Lipinski definition) is 6. The zero-order valence-electron chi connectivity index (χ0n) is 15.5. The first-order chi connectivity index (χ1) is 13.5. The van der Waals surface area contributed by atoms with Crippen LogP contribution in [0.2, 0.25) is 0 Å². The molecule has 0 saturated carbocycles. The highest BCUT2D eigenvalue weighted by molar-refractivity contribution is 5.97. The Morgan fingerprint density at radius 1 is 1.25 bits per heavy atom. The van der Waals surface area contributed by atoms with Gasteiger partial charge >= 0.3 is 0 Å². The molecule has 0 aromatic heterocycles. The number of aliphatic hydroxyl groups excluding tert-OH is 1. The van der Waals surface area contributed by atoms with E-state index < -0.39 is 6.10 Å². The molecule has 8 nitrogen and oxygen atoms in total. The summed E-state index contributed by atoms with van der Waals surface area (Å²) in [6, 6.07) is 10.4. The third-order valence-corrected chi connectivity index (χ3v) is 4.36. The van der Waals surface area contributed by atoms with E-state index in [-0.39, 0.29) is 42.2 Å². The number of aromatic hydroxyl groups is 1. The van der Waals surface area contributed by atoms with Crippen molar-refractivity contribution >= 4 is 23.2 Å². The fourth-order valence-electron chi connectivity index (χ4n) is 2.86. The minimum atomic E-state index is -0.882. The van der Waals surface area contributed by atoms with Crippen LogP contribution in [0.3, 0.4) is 0 Å². The van der Waals surface area contributed by atoms with Crippen LogP contribution >= 0.6 is 0 Å². The first kappa shape index (κ1) is 19.7. The average molecular weight is 385 g/mol. The second-order valence-corrected chi connectivity index (χ2v) is 6.46. The molecule has 2 aromatic rings. The maximum Gasteiger partial charge on any atom is 0.262 e. The molecule has 1 aliphatic rings. The van der Waals surface area contributed by atoms with Gasteiger partial charge in [-0.1, -0.05) is 19.1 Å². The lowest BCUT2D eigenvalue weighted by Crippen LogP contribution is -2.27. The molecule has 1 atom stereocenters. The Morgan fingerprint density at radius 3 is 2.71 bits per heavy atom. The Hall–Kier alpha value is -3.10. The molecule has 2 amide bonds. The van der Waals surface area contributed by atoms with E-state index >= 15 is 0 Å². The zero-order valence-corrected chi connectivity index (χ0v) is 15.5. The van der Waals surface area contributed by atoms with Gasteiger partial charge < -0.3 is 30.9 Å². The van der Waals surface area contributed by atoms with E-state index in [1.807, 2.05) is 24.3 Å². The molecule has 8 heteroatoms. The quantitative estimate of drug-likeness (QED) is 0.464. The largest absolute Gasteiger partial charge is 0.506 e. The van der Waals surface area contributed by atoms with Crippen molar-refractivity contribution in [3.63, 3.8) is 0 Å². The van der Waals surface area contributed by atoms with Crippen LogP contribution in [0.25, 0.3) is 0 Å². The van der Waals surface area contributed by atoms with E-state index in [9.17, 15) is 19.8 Å². The summed E-state index contributed by atoms with van der Waals surface area (Å²) in [6.07, 6.45) is -0.456. The summed E-state index contributed by atoms with van der Waals surface area (Å²) < 4.78 is 5.39. The van der Waals surface area contributed by atoms with E-state index in [1.165, 1.54) is 6.07 Å². The van der Waals surface area contributed by atoms with Gasteiger partial charge in [0.25, 0.3) is 5.91 Å². The summed E-state index contributed by atoms with van der Waals surface area (Å²) >= 11 is 0. The normalized spacial score (nSPS) is 13.9. The summed E-state index contributed by atoms with van der Waals surface area (Å²) in [4.78, 5) is 22.8. The molecule has 28 heavy (non-hydrogen) atoms. The number of phenolic OH excluding ortho intramolecular Hbond substituents is 1. The van der Waals surface area contributed by atoms with Crippen LogP contribution < -0.4 is 20.7 Å². The van der Waals surface area contributed by atoms with E-state index in [0.29, 0.717) is 18.5 Å². The number of nitrogens with one attached hydrogen (secondary N) is 3. The first-order valence-corrected chi connectivity index (χ1v) is 9.04. The lowest BCUT2D eigenvalue weighted by molar-refractivity contribution is -0.118. The molecule has 0 bridgehead atoms. The highest BCUT2D eigenvalue weighted by atomic mass is 16.5. The van der Waals surface area contributed by atoms with Crippen LogP contribution in [0.15, 0.2) is 36.4 Å². The van der Waals surface area contributed by atoms with Crippen LogP contribution in [0.4, 0.5) is 11.4 Å². The van der Waals surface area contributed by atoms with E-state index in [1.54, 1.807) is 13.0 Å². The molecular formula is C20H23N3O5. The van der Waals surface area contributed by atoms with Gasteiger partial charge in [-0.2, -0.15) is 0 Å². The zero-order chi connectivity index (χ0) is 20.1. The first-order valence-electron chi connectivity index (χ1n) is 9.04. The van der Waals surface area contributed by atoms with Crippen molar-refractivity contribution in [3.05, 3.63) is 47.5 Å². The SMILES string of the molecule is CCC(=O)Nc1ccc(CNCC(O)c2ccc(O)c3c2OCC(=O)N3)cc1. The number of carbonyl (C=O) groups is 2. The van der Waals surface area contributed by atoms with Crippen LogP contribution in [0, 0.1) is 0 Å². The molecule has 1 aliphatic heterocycles. The van der Waals surface area contributed by atoms with Crippen molar-refractivity contribution < 1.29 is 24.5 Å². The summed E-state index contributed by atoms with van der Waals surface area (Å²) in [7, 11) is 0. The number of carbonyl (C=O) groups excluding carboxylic acids is 2. The molecule has 0 fully saturated rings. The van der Waals surface area contributed by atoms with E-state index in [0.717, 1.165) is 11.3 Å². The van der Waals surface area contributed by atoms with Crippen molar-refractivity contribution in [2.45, 2.75) is 26.0 Å². The smallest absolute Gasteiger partial charge is 0.262 e. The molecule has 2 aromatic carbocycles. The van der Waals surface area contributed by atoms with Crippen molar-refractivity contribution in [2.75, 3.05) is 23.8 Å². The fourth-order valence-corrected chi connectivity index (χ4v) is 2.86. The summed E-state index contributed by atoms with van der Waals surface area (Å²) in [5.74, 6) is -0.220. The number of benzene rings is 2. The number of amides is 2. The van der Waals surface area contributed by atoms with Gasteiger partial charge in [0.15, 0.2) is 12.4 Å². The predicted octanol–water partition coefficient (Wildman–Crippen LogP) is 1.89. The monoisotopic (exact) mass is 385 g/mol. The second kappa shape index (κ2) is 8.73. The van der Waals surface area contributed by atoms with Crippen LogP contribution in [0.1, 0.15) is 30.6 Å². The third kappa shape index (κ3) is 4.59. The van der Waals surface area contributed by atoms with Gasteiger partial charge in [0.05, 0.1) is 6.10 Å². The summed E-state index contributed by atoms with van der Waals surface area (Å²) in [6.45, 7) is 2.41. The van der Waals surface area contributed by atoms with Crippen molar-refractivity contribution in [3.8, 4) is 11.5 Å². The molecule has 0 radical (unpaired) electrons. The lowest BCUT2D eigenvalue weighted by atomic mass is 10.0.